The van der Waals surface area contributed by atoms with Crippen LogP contribution in [0.25, 0.3) is 0 Å². The Morgan fingerprint density at radius 3 is 1.23 bits per heavy atom. The number of piperidine rings is 2. The van der Waals surface area contributed by atoms with Gasteiger partial charge in [-0.1, -0.05) is 36.4 Å². The van der Waals surface area contributed by atoms with Crippen LogP contribution < -0.4 is 37.9 Å². The second kappa shape index (κ2) is 24.4. The van der Waals surface area contributed by atoms with E-state index in [0.717, 1.165) is 125 Å². The summed E-state index contributed by atoms with van der Waals surface area (Å²) in [6, 6.07) is 25.9. The first kappa shape index (κ1) is 47.0. The minimum Gasteiger partial charge on any atom is -0.493 e. The number of halogens is 3. The van der Waals surface area contributed by atoms with Crippen LogP contribution in [0.5, 0.6) is 46.0 Å². The lowest BCUT2D eigenvalue weighted by atomic mass is 9.93. The minimum absolute atomic E-state index is 0.122. The molecular weight excluding hydrogens is 790 g/mol. The lowest BCUT2D eigenvalue weighted by Gasteiger charge is -2.32. The Morgan fingerprint density at radius 2 is 0.836 bits per heavy atom. The van der Waals surface area contributed by atoms with E-state index in [2.05, 4.69) is 32.7 Å². The predicted molar refractivity (Wildman–Crippen MR) is 231 cm³/mol. The molecule has 2 aliphatic heterocycles. The van der Waals surface area contributed by atoms with Gasteiger partial charge >= 0.3 is 6.36 Å². The highest BCUT2D eigenvalue weighted by Crippen LogP contribution is 2.33. The molecule has 0 unspecified atom stereocenters. The van der Waals surface area contributed by atoms with Gasteiger partial charge in [-0.15, -0.1) is 13.2 Å². The number of ether oxygens (including phenoxy) is 8. The maximum absolute atomic E-state index is 12.5. The molecule has 2 heterocycles. The Kier molecular flexibility index (Phi) is 18.8. The number of benzene rings is 4. The molecule has 0 aromatic heterocycles. The van der Waals surface area contributed by atoms with Crippen LogP contribution in [-0.4, -0.2) is 104 Å². The van der Waals surface area contributed by atoms with Gasteiger partial charge in [0.2, 0.25) is 0 Å². The first-order chi connectivity index (χ1) is 29.6. The van der Waals surface area contributed by atoms with E-state index < -0.39 is 6.36 Å². The monoisotopic (exact) mass is 852 g/mol. The zero-order chi connectivity index (χ0) is 43.5. The van der Waals surface area contributed by atoms with E-state index in [1.807, 2.05) is 42.5 Å². The molecule has 2 saturated heterocycles. The third-order valence-corrected chi connectivity index (χ3v) is 11.5. The Morgan fingerprint density at radius 1 is 0.475 bits per heavy atom. The molecular formula is C48H63F3N2O8. The number of rotatable bonds is 20. The molecule has 4 aromatic rings. The molecule has 0 radical (unpaired) electrons. The fraction of sp³-hybridized carbons (Fsp3) is 0.500. The molecule has 334 valence electrons. The molecule has 0 amide bonds. The Balaban J connectivity index is 0.000000232. The first-order valence-electron chi connectivity index (χ1n) is 21.2. The van der Waals surface area contributed by atoms with E-state index in [9.17, 15) is 13.2 Å². The van der Waals surface area contributed by atoms with Gasteiger partial charge in [0.25, 0.3) is 0 Å². The summed E-state index contributed by atoms with van der Waals surface area (Å²) in [6.07, 6.45) is 3.72. The number of methoxy groups -OCH3 is 5. The zero-order valence-corrected chi connectivity index (χ0v) is 36.3. The van der Waals surface area contributed by atoms with Crippen LogP contribution in [0.15, 0.2) is 84.9 Å². The maximum Gasteiger partial charge on any atom is 0.573 e. The SMILES string of the molecule is COc1ccc(CCN2CCC(CCOc3ccccc3OC(F)(F)F)CC2)cc1OC.COc1ccc(CCN2CCC(CCOc3ccccc3OC)CC2)cc1OC. The second-order valence-corrected chi connectivity index (χ2v) is 15.4. The number of para-hydroxylation sites is 4. The molecule has 6 rings (SSSR count). The van der Waals surface area contributed by atoms with E-state index in [4.69, 9.17) is 33.2 Å². The van der Waals surface area contributed by atoms with Crippen molar-refractivity contribution in [3.63, 3.8) is 0 Å². The molecule has 10 nitrogen and oxygen atoms in total. The molecule has 0 aliphatic carbocycles. The molecule has 0 spiro atoms. The van der Waals surface area contributed by atoms with Crippen LogP contribution in [0.4, 0.5) is 13.2 Å². The lowest BCUT2D eigenvalue weighted by molar-refractivity contribution is -0.275. The standard InChI is InChI=1S/C24H30F3NO4.C24H33NO4/c1-29-20-8-7-19(17-23(20)30-2)11-15-28-13-9-18(10-14-28)12-16-31-21-5-3-4-6-22(21)32-24(25,26)27;1-26-21-6-4-5-7-23(21)29-17-13-19-10-14-25(15-11-19)16-12-20-8-9-22(27-2)24(18-20)28-3/h3-8,17-18H,9-16H2,1-2H3;4-9,18-19H,10-17H2,1-3H3. The van der Waals surface area contributed by atoms with Crippen molar-refractivity contribution in [2.75, 3.05) is 88.0 Å². The first-order valence-corrected chi connectivity index (χ1v) is 21.2. The van der Waals surface area contributed by atoms with E-state index in [1.165, 1.54) is 42.2 Å². The van der Waals surface area contributed by atoms with E-state index in [-0.39, 0.29) is 11.5 Å². The number of hydrogen-bond acceptors (Lipinski definition) is 10. The van der Waals surface area contributed by atoms with Crippen molar-refractivity contribution < 1.29 is 51.1 Å². The number of hydrogen-bond donors (Lipinski definition) is 0. The molecule has 2 fully saturated rings. The van der Waals surface area contributed by atoms with E-state index in [1.54, 1.807) is 41.6 Å². The number of nitrogens with zero attached hydrogens (tertiary/aromatic N) is 2. The van der Waals surface area contributed by atoms with Crippen molar-refractivity contribution >= 4 is 0 Å². The smallest absolute Gasteiger partial charge is 0.493 e. The lowest BCUT2D eigenvalue weighted by Crippen LogP contribution is -2.35. The van der Waals surface area contributed by atoms with Crippen molar-refractivity contribution in [3.05, 3.63) is 96.1 Å². The van der Waals surface area contributed by atoms with Crippen LogP contribution in [-0.2, 0) is 12.8 Å². The van der Waals surface area contributed by atoms with Crippen LogP contribution in [0.2, 0.25) is 0 Å². The van der Waals surface area contributed by atoms with E-state index in [0.29, 0.717) is 12.5 Å². The maximum atomic E-state index is 12.5. The van der Waals surface area contributed by atoms with Gasteiger partial charge in [0, 0.05) is 13.1 Å². The largest absolute Gasteiger partial charge is 0.573 e. The highest BCUT2D eigenvalue weighted by molar-refractivity contribution is 5.44. The fourth-order valence-electron chi connectivity index (χ4n) is 7.83. The molecule has 0 atom stereocenters. The van der Waals surface area contributed by atoms with E-state index >= 15 is 0 Å². The summed E-state index contributed by atoms with van der Waals surface area (Å²) >= 11 is 0. The van der Waals surface area contributed by atoms with Crippen molar-refractivity contribution in [1.29, 1.82) is 0 Å². The molecule has 61 heavy (non-hydrogen) atoms. The normalized spacial score (nSPS) is 15.3. The topological polar surface area (TPSA) is 80.3 Å². The van der Waals surface area contributed by atoms with Gasteiger partial charge < -0.3 is 47.7 Å². The summed E-state index contributed by atoms with van der Waals surface area (Å²) in [6.45, 7) is 7.50. The van der Waals surface area contributed by atoms with Crippen molar-refractivity contribution in [2.45, 2.75) is 57.7 Å². The van der Waals surface area contributed by atoms with Crippen molar-refractivity contribution in [1.82, 2.24) is 9.80 Å². The van der Waals surface area contributed by atoms with Crippen molar-refractivity contribution in [2.24, 2.45) is 11.8 Å². The minimum atomic E-state index is -4.73. The highest BCUT2D eigenvalue weighted by atomic mass is 19.4. The van der Waals surface area contributed by atoms with Crippen LogP contribution in [0.1, 0.15) is 49.7 Å². The predicted octanol–water partition coefficient (Wildman–Crippen LogP) is 9.76. The molecule has 13 heteroatoms. The Bertz CT molecular complexity index is 1880. The van der Waals surface area contributed by atoms with Gasteiger partial charge in [-0.2, -0.15) is 0 Å². The quantitative estimate of drug-likeness (QED) is 0.0858. The zero-order valence-electron chi connectivity index (χ0n) is 36.3. The van der Waals surface area contributed by atoms with Gasteiger partial charge in [-0.3, -0.25) is 0 Å². The van der Waals surface area contributed by atoms with Gasteiger partial charge in [-0.05, 0) is 149 Å². The average Bonchev–Trinajstić information content (AvgIpc) is 3.28. The van der Waals surface area contributed by atoms with Crippen molar-refractivity contribution in [3.8, 4) is 46.0 Å². The summed E-state index contributed by atoms with van der Waals surface area (Å²) in [7, 11) is 8.30. The molecule has 0 saturated carbocycles. The van der Waals surface area contributed by atoms with Gasteiger partial charge in [0.05, 0.1) is 48.8 Å². The number of likely N-dealkylation sites (tertiary alicyclic amines) is 2. The Labute approximate surface area is 359 Å². The molecule has 0 N–H and O–H groups in total. The summed E-state index contributed by atoms with van der Waals surface area (Å²) in [5, 5.41) is 0. The van der Waals surface area contributed by atoms with Crippen LogP contribution in [0.3, 0.4) is 0 Å². The van der Waals surface area contributed by atoms with Crippen LogP contribution in [0, 0.1) is 11.8 Å². The summed E-state index contributed by atoms with van der Waals surface area (Å²) < 4.78 is 79.9. The van der Waals surface area contributed by atoms with Gasteiger partial charge in [0.15, 0.2) is 46.0 Å². The third kappa shape index (κ3) is 15.4. The van der Waals surface area contributed by atoms with Gasteiger partial charge in [-0.25, -0.2) is 0 Å². The molecule has 4 aromatic carbocycles. The van der Waals surface area contributed by atoms with Crippen LogP contribution >= 0.6 is 0 Å². The summed E-state index contributed by atoms with van der Waals surface area (Å²) in [5.41, 5.74) is 2.49. The third-order valence-electron chi connectivity index (χ3n) is 11.5. The molecule has 0 bridgehead atoms. The second-order valence-electron chi connectivity index (χ2n) is 15.4. The average molecular weight is 853 g/mol. The fourth-order valence-corrected chi connectivity index (χ4v) is 7.83. The summed E-state index contributed by atoms with van der Waals surface area (Å²) in [4.78, 5) is 5.01. The Hall–Kier alpha value is -5.01. The highest BCUT2D eigenvalue weighted by Gasteiger charge is 2.32. The summed E-state index contributed by atoms with van der Waals surface area (Å²) in [5.74, 6) is 5.76. The molecule has 2 aliphatic rings. The number of alkyl halides is 3. The van der Waals surface area contributed by atoms with Gasteiger partial charge in [0.1, 0.15) is 0 Å².